The van der Waals surface area contributed by atoms with Crippen LogP contribution in [-0.2, 0) is 0 Å². The minimum Gasteiger partial charge on any atom is -0.312 e. The molecule has 2 fully saturated rings. The molecule has 0 aromatic carbocycles. The van der Waals surface area contributed by atoms with E-state index in [1.807, 2.05) is 6.92 Å². The summed E-state index contributed by atoms with van der Waals surface area (Å²) in [6.45, 7) is 4.87. The summed E-state index contributed by atoms with van der Waals surface area (Å²) in [4.78, 5) is 2.52. The molecule has 2 aliphatic rings. The highest BCUT2D eigenvalue weighted by Gasteiger charge is 2.46. The molecule has 2 nitrogen and oxygen atoms in total. The third kappa shape index (κ3) is 4.35. The second-order valence-corrected chi connectivity index (χ2v) is 6.62. The van der Waals surface area contributed by atoms with E-state index in [0.29, 0.717) is 0 Å². The Morgan fingerprint density at radius 3 is 2.19 bits per heavy atom. The molecule has 1 atom stereocenters. The average molecular weight is 306 g/mol. The van der Waals surface area contributed by atoms with Crippen LogP contribution in [0.1, 0.15) is 64.7 Å². The van der Waals surface area contributed by atoms with Crippen LogP contribution in [-0.4, -0.2) is 42.3 Å². The first kappa shape index (κ1) is 17.1. The standard InChI is InChI=1S/C16H29F3N2/c1-2-20-14(8-11-16(17,18)19)15(9-4-5-10-15)21-12-6-3-7-13-21/h14,20H,2-13H2,1H3. The van der Waals surface area contributed by atoms with Crippen LogP contribution in [0, 0.1) is 0 Å². The zero-order chi connectivity index (χ0) is 15.3. The molecule has 0 aromatic heterocycles. The molecule has 1 heterocycles. The summed E-state index contributed by atoms with van der Waals surface area (Å²) in [5.41, 5.74) is -0.0261. The Labute approximate surface area is 126 Å². The van der Waals surface area contributed by atoms with Gasteiger partial charge < -0.3 is 5.32 Å². The van der Waals surface area contributed by atoms with Gasteiger partial charge in [0.1, 0.15) is 0 Å². The Bertz CT molecular complexity index is 305. The Morgan fingerprint density at radius 1 is 1.05 bits per heavy atom. The van der Waals surface area contributed by atoms with Crippen LogP contribution >= 0.6 is 0 Å². The van der Waals surface area contributed by atoms with Gasteiger partial charge in [0.2, 0.25) is 0 Å². The number of nitrogens with one attached hydrogen (secondary N) is 1. The summed E-state index contributed by atoms with van der Waals surface area (Å²) < 4.78 is 38.0. The van der Waals surface area contributed by atoms with Crippen molar-refractivity contribution in [2.45, 2.75) is 82.5 Å². The molecular weight excluding hydrogens is 277 g/mol. The molecule has 5 heteroatoms. The SMILES string of the molecule is CCNC(CCC(F)(F)F)C1(N2CCCCC2)CCCC1. The molecule has 21 heavy (non-hydrogen) atoms. The van der Waals surface area contributed by atoms with Gasteiger partial charge in [-0.3, -0.25) is 4.90 Å². The lowest BCUT2D eigenvalue weighted by Gasteiger charge is -2.49. The second kappa shape index (κ2) is 7.32. The maximum absolute atomic E-state index is 12.7. The quantitative estimate of drug-likeness (QED) is 0.794. The van der Waals surface area contributed by atoms with Crippen LogP contribution in [0.5, 0.6) is 0 Å². The minimum atomic E-state index is -4.05. The summed E-state index contributed by atoms with van der Waals surface area (Å²) in [7, 11) is 0. The fourth-order valence-electron chi connectivity index (χ4n) is 4.33. The van der Waals surface area contributed by atoms with Crippen molar-refractivity contribution in [1.82, 2.24) is 10.2 Å². The molecule has 124 valence electrons. The van der Waals surface area contributed by atoms with E-state index in [2.05, 4.69) is 10.2 Å². The molecule has 1 unspecified atom stereocenters. The number of nitrogens with zero attached hydrogens (tertiary/aromatic N) is 1. The highest BCUT2D eigenvalue weighted by atomic mass is 19.4. The summed E-state index contributed by atoms with van der Waals surface area (Å²) in [6.07, 6.45) is 3.59. The number of rotatable bonds is 6. The number of likely N-dealkylation sites (N-methyl/N-ethyl adjacent to an activating group) is 1. The number of hydrogen-bond acceptors (Lipinski definition) is 2. The molecule has 1 saturated heterocycles. The maximum atomic E-state index is 12.7. The fraction of sp³-hybridized carbons (Fsp3) is 1.00. The summed E-state index contributed by atoms with van der Waals surface area (Å²) in [6, 6.07) is -0.0234. The van der Waals surface area contributed by atoms with Gasteiger partial charge in [0.15, 0.2) is 0 Å². The molecule has 0 radical (unpaired) electrons. The van der Waals surface area contributed by atoms with Crippen molar-refractivity contribution in [2.75, 3.05) is 19.6 Å². The van der Waals surface area contributed by atoms with Crippen molar-refractivity contribution in [3.05, 3.63) is 0 Å². The van der Waals surface area contributed by atoms with Crippen LogP contribution in [0.15, 0.2) is 0 Å². The molecule has 1 aliphatic heterocycles. The second-order valence-electron chi connectivity index (χ2n) is 6.62. The molecule has 0 spiro atoms. The van der Waals surface area contributed by atoms with Gasteiger partial charge in [-0.25, -0.2) is 0 Å². The van der Waals surface area contributed by atoms with Gasteiger partial charge >= 0.3 is 6.18 Å². The van der Waals surface area contributed by atoms with Gasteiger partial charge in [0.25, 0.3) is 0 Å². The van der Waals surface area contributed by atoms with E-state index in [1.54, 1.807) is 0 Å². The predicted octanol–water partition coefficient (Wildman–Crippen LogP) is 4.11. The number of piperidine rings is 1. The van der Waals surface area contributed by atoms with E-state index in [-0.39, 0.29) is 18.0 Å². The third-order valence-corrected chi connectivity index (χ3v) is 5.27. The highest BCUT2D eigenvalue weighted by Crippen LogP contribution is 2.41. The van der Waals surface area contributed by atoms with E-state index in [1.165, 1.54) is 19.3 Å². The minimum absolute atomic E-state index is 0.0234. The van der Waals surface area contributed by atoms with Gasteiger partial charge in [-0.2, -0.15) is 13.2 Å². The first-order valence-electron chi connectivity index (χ1n) is 8.53. The molecule has 1 saturated carbocycles. The third-order valence-electron chi connectivity index (χ3n) is 5.27. The molecule has 0 amide bonds. The van der Waals surface area contributed by atoms with E-state index >= 15 is 0 Å². The Kier molecular flexibility index (Phi) is 5.95. The van der Waals surface area contributed by atoms with E-state index in [4.69, 9.17) is 0 Å². The molecule has 0 aromatic rings. The topological polar surface area (TPSA) is 15.3 Å². The first-order chi connectivity index (χ1) is 9.98. The smallest absolute Gasteiger partial charge is 0.312 e. The van der Waals surface area contributed by atoms with Crippen LogP contribution in [0.3, 0.4) is 0 Å². The summed E-state index contributed by atoms with van der Waals surface area (Å²) in [5.74, 6) is 0. The molecule has 2 rings (SSSR count). The maximum Gasteiger partial charge on any atom is 0.389 e. The molecule has 0 bridgehead atoms. The Balaban J connectivity index is 2.11. The van der Waals surface area contributed by atoms with Crippen LogP contribution in [0.2, 0.25) is 0 Å². The van der Waals surface area contributed by atoms with E-state index in [9.17, 15) is 13.2 Å². The van der Waals surface area contributed by atoms with Crippen molar-refractivity contribution >= 4 is 0 Å². The normalized spacial score (nSPS) is 25.1. The van der Waals surface area contributed by atoms with Crippen molar-refractivity contribution in [3.8, 4) is 0 Å². The van der Waals surface area contributed by atoms with Crippen LogP contribution in [0.4, 0.5) is 13.2 Å². The monoisotopic (exact) mass is 306 g/mol. The Hall–Kier alpha value is -0.290. The van der Waals surface area contributed by atoms with Gasteiger partial charge in [-0.1, -0.05) is 26.2 Å². The molecule has 1 N–H and O–H groups in total. The van der Waals surface area contributed by atoms with Crippen LogP contribution in [0.25, 0.3) is 0 Å². The fourth-order valence-corrected chi connectivity index (χ4v) is 4.33. The van der Waals surface area contributed by atoms with E-state index < -0.39 is 12.6 Å². The van der Waals surface area contributed by atoms with E-state index in [0.717, 1.165) is 45.3 Å². The van der Waals surface area contributed by atoms with Crippen molar-refractivity contribution in [3.63, 3.8) is 0 Å². The zero-order valence-corrected chi connectivity index (χ0v) is 13.1. The van der Waals surface area contributed by atoms with Crippen molar-refractivity contribution in [1.29, 1.82) is 0 Å². The lowest BCUT2D eigenvalue weighted by molar-refractivity contribution is -0.139. The lowest BCUT2D eigenvalue weighted by Crippen LogP contribution is -2.61. The largest absolute Gasteiger partial charge is 0.389 e. The predicted molar refractivity (Wildman–Crippen MR) is 79.4 cm³/mol. The summed E-state index contributed by atoms with van der Waals surface area (Å²) in [5, 5.41) is 3.39. The van der Waals surface area contributed by atoms with Gasteiger partial charge in [-0.05, 0) is 51.7 Å². The molecular formula is C16H29F3N2. The number of halogens is 3. The number of hydrogen-bond donors (Lipinski definition) is 1. The average Bonchev–Trinajstić information content (AvgIpc) is 2.94. The number of alkyl halides is 3. The van der Waals surface area contributed by atoms with Crippen LogP contribution < -0.4 is 5.32 Å². The van der Waals surface area contributed by atoms with Gasteiger partial charge in [0.05, 0.1) is 0 Å². The number of likely N-dealkylation sites (tertiary alicyclic amines) is 1. The lowest BCUT2D eigenvalue weighted by atomic mass is 9.82. The van der Waals surface area contributed by atoms with Gasteiger partial charge in [-0.15, -0.1) is 0 Å². The van der Waals surface area contributed by atoms with Gasteiger partial charge in [0, 0.05) is 18.0 Å². The molecule has 1 aliphatic carbocycles. The van der Waals surface area contributed by atoms with Crippen molar-refractivity contribution in [2.24, 2.45) is 0 Å². The Morgan fingerprint density at radius 2 is 1.67 bits per heavy atom. The summed E-state index contributed by atoms with van der Waals surface area (Å²) >= 11 is 0. The first-order valence-corrected chi connectivity index (χ1v) is 8.53. The van der Waals surface area contributed by atoms with Crippen molar-refractivity contribution < 1.29 is 13.2 Å². The zero-order valence-electron chi connectivity index (χ0n) is 13.1. The highest BCUT2D eigenvalue weighted by molar-refractivity contribution is 5.04.